The molecule has 0 saturated heterocycles. The highest BCUT2D eigenvalue weighted by Crippen LogP contribution is 2.35. The van der Waals surface area contributed by atoms with E-state index in [2.05, 4.69) is 22.4 Å². The van der Waals surface area contributed by atoms with Crippen LogP contribution >= 0.6 is 11.6 Å². The number of ether oxygens (including phenoxy) is 1. The second-order valence-electron chi connectivity index (χ2n) is 8.01. The smallest absolute Gasteiger partial charge is 0.303 e. The Balaban J connectivity index is 1.39. The summed E-state index contributed by atoms with van der Waals surface area (Å²) in [7, 11) is 0. The van der Waals surface area contributed by atoms with Crippen molar-refractivity contribution in [2.45, 2.75) is 37.0 Å². The number of alkyl halides is 1. The first-order valence-corrected chi connectivity index (χ1v) is 11.1. The number of aliphatic carboxylic acids is 1. The van der Waals surface area contributed by atoms with Gasteiger partial charge in [-0.3, -0.25) is 14.6 Å². The normalized spacial score (nSPS) is 20.8. The molecule has 0 spiro atoms. The third-order valence-electron chi connectivity index (χ3n) is 5.75. The lowest BCUT2D eigenvalue weighted by atomic mass is 9.89. The highest BCUT2D eigenvalue weighted by Gasteiger charge is 2.24. The number of carbonyl (C=O) groups is 2. The molecular weight excluding hydrogens is 428 g/mol. The average Bonchev–Trinajstić information content (AvgIpc) is 2.92. The van der Waals surface area contributed by atoms with Gasteiger partial charge in [-0.1, -0.05) is 30.3 Å². The van der Waals surface area contributed by atoms with Gasteiger partial charge in [0.2, 0.25) is 5.78 Å². The molecule has 0 radical (unpaired) electrons. The number of carboxylic acids is 1. The standard InChI is InChI=1S/C25H25ClN2O4/c26-22-8-10-28-25(24(22)31)27-9-3-11-32-20-7-6-16-12-19(15-23(29)30)21-5-2-1-4-17(21)13-18(16)14-20/h1-2,4-8,10,14,19,22H,3,9,11-13,15H2,(H,27,28)(H,29,30)/t19?,22-/m0/s1. The average molecular weight is 453 g/mol. The van der Waals surface area contributed by atoms with Crippen LogP contribution in [0.2, 0.25) is 0 Å². The Bertz CT molecular complexity index is 1080. The molecule has 2 atom stereocenters. The number of fused-ring (bicyclic) bond motifs is 2. The number of amidine groups is 1. The number of nitrogens with one attached hydrogen (secondary N) is 1. The molecule has 0 amide bonds. The molecule has 2 aliphatic rings. The molecule has 6 nitrogen and oxygen atoms in total. The number of benzene rings is 2. The van der Waals surface area contributed by atoms with E-state index in [1.54, 1.807) is 12.3 Å². The summed E-state index contributed by atoms with van der Waals surface area (Å²) in [4.78, 5) is 27.6. The molecule has 0 fully saturated rings. The van der Waals surface area contributed by atoms with E-state index in [1.807, 2.05) is 30.3 Å². The summed E-state index contributed by atoms with van der Waals surface area (Å²) in [6.45, 7) is 0.933. The number of ketones is 1. The lowest BCUT2D eigenvalue weighted by Gasteiger charge is -2.16. The highest BCUT2D eigenvalue weighted by molar-refractivity contribution is 6.52. The van der Waals surface area contributed by atoms with Crippen LogP contribution in [0.15, 0.2) is 59.7 Å². The maximum Gasteiger partial charge on any atom is 0.303 e. The number of hydrogen-bond acceptors (Lipinski definition) is 4. The molecule has 166 valence electrons. The second kappa shape index (κ2) is 10.0. The van der Waals surface area contributed by atoms with Crippen molar-refractivity contribution in [2.24, 2.45) is 4.99 Å². The van der Waals surface area contributed by atoms with E-state index in [0.717, 1.165) is 23.3 Å². The fourth-order valence-electron chi connectivity index (χ4n) is 4.19. The molecule has 1 heterocycles. The van der Waals surface area contributed by atoms with Crippen LogP contribution in [0.4, 0.5) is 0 Å². The second-order valence-corrected chi connectivity index (χ2v) is 8.48. The van der Waals surface area contributed by atoms with E-state index in [0.29, 0.717) is 26.0 Å². The monoisotopic (exact) mass is 452 g/mol. The molecule has 0 saturated carbocycles. The van der Waals surface area contributed by atoms with E-state index >= 15 is 0 Å². The van der Waals surface area contributed by atoms with Gasteiger partial charge < -0.3 is 15.2 Å². The van der Waals surface area contributed by atoms with Crippen molar-refractivity contribution in [3.8, 4) is 5.75 Å². The first kappa shape index (κ1) is 22.1. The zero-order valence-corrected chi connectivity index (χ0v) is 18.3. The number of carboxylic acid groups (broad SMARTS) is 1. The van der Waals surface area contributed by atoms with Crippen molar-refractivity contribution in [1.29, 1.82) is 0 Å². The molecule has 1 aliphatic carbocycles. The molecule has 32 heavy (non-hydrogen) atoms. The van der Waals surface area contributed by atoms with Crippen LogP contribution in [0.1, 0.15) is 41.0 Å². The Labute approximate surface area is 192 Å². The van der Waals surface area contributed by atoms with Crippen molar-refractivity contribution >= 4 is 29.2 Å². The largest absolute Gasteiger partial charge is 0.494 e. The molecule has 0 aromatic heterocycles. The summed E-state index contributed by atoms with van der Waals surface area (Å²) in [5.41, 5.74) is 4.62. The SMILES string of the molecule is O=C(O)CC1Cc2ccc(OCCCN=C3NC=C[C@H](Cl)C3=O)cc2Cc2ccccc21. The third kappa shape index (κ3) is 5.19. The van der Waals surface area contributed by atoms with Crippen LogP contribution in [0.25, 0.3) is 0 Å². The Morgan fingerprint density at radius 3 is 2.88 bits per heavy atom. The van der Waals surface area contributed by atoms with Crippen LogP contribution in [0.5, 0.6) is 5.75 Å². The van der Waals surface area contributed by atoms with Gasteiger partial charge in [0.25, 0.3) is 0 Å². The maximum absolute atomic E-state index is 11.9. The van der Waals surface area contributed by atoms with Gasteiger partial charge >= 0.3 is 5.97 Å². The van der Waals surface area contributed by atoms with Gasteiger partial charge in [-0.15, -0.1) is 11.6 Å². The Hall–Kier alpha value is -3.12. The summed E-state index contributed by atoms with van der Waals surface area (Å²) in [6, 6.07) is 14.1. The molecule has 7 heteroatoms. The number of rotatable bonds is 7. The quantitative estimate of drug-likeness (QED) is 0.492. The number of Topliss-reactive ketones (excluding diaryl/α,β-unsaturated/α-hetero) is 1. The minimum absolute atomic E-state index is 0.0330. The molecule has 1 unspecified atom stereocenters. The summed E-state index contributed by atoms with van der Waals surface area (Å²) >= 11 is 5.91. The number of aliphatic imine (C=N–C) groups is 1. The molecule has 0 bridgehead atoms. The van der Waals surface area contributed by atoms with Crippen molar-refractivity contribution in [3.63, 3.8) is 0 Å². The summed E-state index contributed by atoms with van der Waals surface area (Å²) in [5.74, 6) is 0.0319. The van der Waals surface area contributed by atoms with Crippen LogP contribution in [-0.2, 0) is 22.4 Å². The zero-order valence-electron chi connectivity index (χ0n) is 17.6. The summed E-state index contributed by atoms with van der Waals surface area (Å²) in [6.07, 6.45) is 5.46. The van der Waals surface area contributed by atoms with Crippen molar-refractivity contribution in [3.05, 3.63) is 77.0 Å². The van der Waals surface area contributed by atoms with Crippen LogP contribution in [0, 0.1) is 0 Å². The maximum atomic E-state index is 11.9. The minimum Gasteiger partial charge on any atom is -0.494 e. The van der Waals surface area contributed by atoms with Crippen LogP contribution in [-0.4, -0.2) is 41.2 Å². The van der Waals surface area contributed by atoms with Gasteiger partial charge in [0, 0.05) is 19.2 Å². The number of halogens is 1. The Morgan fingerprint density at radius 1 is 1.19 bits per heavy atom. The first-order chi connectivity index (χ1) is 15.5. The van der Waals surface area contributed by atoms with E-state index in [9.17, 15) is 14.7 Å². The first-order valence-electron chi connectivity index (χ1n) is 10.7. The van der Waals surface area contributed by atoms with Crippen molar-refractivity contribution < 1.29 is 19.4 Å². The molecule has 1 aliphatic heterocycles. The summed E-state index contributed by atoms with van der Waals surface area (Å²) in [5, 5.41) is 11.5. The van der Waals surface area contributed by atoms with Crippen molar-refractivity contribution in [2.75, 3.05) is 13.2 Å². The molecule has 2 aromatic rings. The van der Waals surface area contributed by atoms with Crippen LogP contribution < -0.4 is 10.1 Å². The van der Waals surface area contributed by atoms with Gasteiger partial charge in [0.05, 0.1) is 13.0 Å². The fourth-order valence-corrected chi connectivity index (χ4v) is 4.37. The summed E-state index contributed by atoms with van der Waals surface area (Å²) < 4.78 is 5.92. The van der Waals surface area contributed by atoms with Gasteiger partial charge in [-0.05, 0) is 59.2 Å². The highest BCUT2D eigenvalue weighted by atomic mass is 35.5. The molecule has 2 N–H and O–H groups in total. The molecule has 2 aromatic carbocycles. The van der Waals surface area contributed by atoms with Gasteiger partial charge in [-0.2, -0.15) is 0 Å². The van der Waals surface area contributed by atoms with E-state index in [4.69, 9.17) is 16.3 Å². The topological polar surface area (TPSA) is 88.0 Å². The minimum atomic E-state index is -0.778. The number of hydrogen-bond donors (Lipinski definition) is 2. The number of allylic oxidation sites excluding steroid dienone is 1. The van der Waals surface area contributed by atoms with Crippen molar-refractivity contribution in [1.82, 2.24) is 5.32 Å². The predicted molar refractivity (Wildman–Crippen MR) is 124 cm³/mol. The molecule has 4 rings (SSSR count). The van der Waals surface area contributed by atoms with Gasteiger partial charge in [0.15, 0.2) is 5.84 Å². The fraction of sp³-hybridized carbons (Fsp3) is 0.320. The number of carbonyl (C=O) groups excluding carboxylic acids is 1. The number of nitrogens with zero attached hydrogens (tertiary/aromatic N) is 1. The van der Waals surface area contributed by atoms with Crippen LogP contribution in [0.3, 0.4) is 0 Å². The zero-order chi connectivity index (χ0) is 22.5. The van der Waals surface area contributed by atoms with Gasteiger partial charge in [0.1, 0.15) is 11.1 Å². The Morgan fingerprint density at radius 2 is 2.03 bits per heavy atom. The predicted octanol–water partition coefficient (Wildman–Crippen LogP) is 3.85. The third-order valence-corrected chi connectivity index (χ3v) is 6.09. The van der Waals surface area contributed by atoms with E-state index < -0.39 is 11.3 Å². The van der Waals surface area contributed by atoms with E-state index in [-0.39, 0.29) is 24.0 Å². The molecular formula is C25H25ClN2O4. The van der Waals surface area contributed by atoms with Gasteiger partial charge in [-0.25, -0.2) is 0 Å². The van der Waals surface area contributed by atoms with E-state index in [1.165, 1.54) is 11.1 Å². The lowest BCUT2D eigenvalue weighted by molar-refractivity contribution is -0.137. The Kier molecular flexibility index (Phi) is 6.90. The lowest BCUT2D eigenvalue weighted by Crippen LogP contribution is -2.36.